The van der Waals surface area contributed by atoms with Crippen LogP contribution in [0.1, 0.15) is 62.1 Å². The summed E-state index contributed by atoms with van der Waals surface area (Å²) in [6, 6.07) is 3.52. The molecule has 0 aromatic carbocycles. The number of nitrogens with one attached hydrogen (secondary N) is 2. The molecule has 0 bridgehead atoms. The second-order valence-electron chi connectivity index (χ2n) is 8.01. The fraction of sp³-hybridized carbons (Fsp3) is 0.526. The van der Waals surface area contributed by atoms with Crippen molar-refractivity contribution < 1.29 is 14.3 Å². The Balaban J connectivity index is 2.09. The van der Waals surface area contributed by atoms with Crippen molar-refractivity contribution >= 4 is 15.7 Å². The first-order valence-electron chi connectivity index (χ1n) is 8.95. The van der Waals surface area contributed by atoms with E-state index in [2.05, 4.69) is 41.0 Å². The molecule has 8 heteroatoms. The number of imidazole rings is 1. The van der Waals surface area contributed by atoms with Gasteiger partial charge in [0.1, 0.15) is 5.69 Å². The van der Waals surface area contributed by atoms with E-state index < -0.39 is 11.6 Å². The summed E-state index contributed by atoms with van der Waals surface area (Å²) in [5.74, 6) is -1.04. The van der Waals surface area contributed by atoms with Crippen LogP contribution >= 0.6 is 0 Å². The third-order valence-electron chi connectivity index (χ3n) is 3.84. The largest absolute Gasteiger partial charge is 0.477 e. The van der Waals surface area contributed by atoms with Gasteiger partial charge in [-0.05, 0) is 36.6 Å². The number of H-pyrrole nitrogens is 1. The highest BCUT2D eigenvalue weighted by atomic mass is 28.2. The first-order valence-corrected chi connectivity index (χ1v) is 9.85. The zero-order valence-electron chi connectivity index (χ0n) is 16.6. The van der Waals surface area contributed by atoms with Gasteiger partial charge in [-0.1, -0.05) is 20.8 Å². The Labute approximate surface area is 162 Å². The van der Waals surface area contributed by atoms with Crippen LogP contribution in [-0.4, -0.2) is 42.3 Å². The van der Waals surface area contributed by atoms with E-state index in [1.54, 1.807) is 18.6 Å². The number of aromatic amines is 1. The van der Waals surface area contributed by atoms with Crippen molar-refractivity contribution in [3.8, 4) is 0 Å². The molecule has 2 aromatic heterocycles. The number of carbonyl (C=O) groups is 1. The van der Waals surface area contributed by atoms with Crippen molar-refractivity contribution in [2.45, 2.75) is 58.2 Å². The van der Waals surface area contributed by atoms with Crippen molar-refractivity contribution in [1.82, 2.24) is 20.3 Å². The number of hydrogen-bond donors (Lipinski definition) is 3. The fourth-order valence-corrected chi connectivity index (χ4v) is 3.02. The molecule has 2 radical (unpaired) electrons. The summed E-state index contributed by atoms with van der Waals surface area (Å²) in [5.41, 5.74) is 1.99. The number of pyridine rings is 1. The van der Waals surface area contributed by atoms with Gasteiger partial charge in [-0.2, -0.15) is 0 Å². The molecule has 0 spiro atoms. The van der Waals surface area contributed by atoms with Gasteiger partial charge in [-0.25, -0.2) is 14.8 Å². The first kappa shape index (κ1) is 21.3. The van der Waals surface area contributed by atoms with E-state index in [9.17, 15) is 9.90 Å². The summed E-state index contributed by atoms with van der Waals surface area (Å²) >= 11 is 0. The average molecular weight is 389 g/mol. The molecule has 0 aliphatic rings. The Bertz CT molecular complexity index is 755. The van der Waals surface area contributed by atoms with Crippen LogP contribution in [0.15, 0.2) is 24.7 Å². The zero-order chi connectivity index (χ0) is 20.1. The van der Waals surface area contributed by atoms with Gasteiger partial charge in [0, 0.05) is 31.4 Å². The molecule has 0 amide bonds. The summed E-state index contributed by atoms with van der Waals surface area (Å²) in [7, 11) is 0.302. The molecule has 27 heavy (non-hydrogen) atoms. The number of hydrogen-bond acceptors (Lipinski definition) is 5. The zero-order valence-corrected chi connectivity index (χ0v) is 17.6. The van der Waals surface area contributed by atoms with Crippen LogP contribution in [-0.2, 0) is 23.0 Å². The topological polar surface area (TPSA) is 100 Å². The Morgan fingerprint density at radius 3 is 2.63 bits per heavy atom. The van der Waals surface area contributed by atoms with Crippen molar-refractivity contribution in [2.75, 3.05) is 6.54 Å². The van der Waals surface area contributed by atoms with Gasteiger partial charge in [0.25, 0.3) is 0 Å². The number of nitrogens with zero attached hydrogens (tertiary/aromatic N) is 2. The summed E-state index contributed by atoms with van der Waals surface area (Å²) in [6.07, 6.45) is 4.26. The Hall–Kier alpha value is -2.03. The van der Waals surface area contributed by atoms with Gasteiger partial charge in [0.15, 0.2) is 0 Å². The molecule has 3 N–H and O–H groups in total. The van der Waals surface area contributed by atoms with E-state index in [1.165, 1.54) is 0 Å². The lowest BCUT2D eigenvalue weighted by atomic mass is 9.97. The van der Waals surface area contributed by atoms with Gasteiger partial charge in [0.2, 0.25) is 9.76 Å². The summed E-state index contributed by atoms with van der Waals surface area (Å²) in [6.45, 7) is 11.5. The Morgan fingerprint density at radius 1 is 1.30 bits per heavy atom. The minimum atomic E-state index is -1.04. The minimum absolute atomic E-state index is 0.0358. The van der Waals surface area contributed by atoms with Crippen molar-refractivity contribution in [2.24, 2.45) is 0 Å². The van der Waals surface area contributed by atoms with Crippen LogP contribution in [0.4, 0.5) is 0 Å². The van der Waals surface area contributed by atoms with Gasteiger partial charge < -0.3 is 19.8 Å². The Kier molecular flexibility index (Phi) is 6.91. The van der Waals surface area contributed by atoms with Crippen LogP contribution in [0, 0.1) is 0 Å². The monoisotopic (exact) mass is 388 g/mol. The van der Waals surface area contributed by atoms with Gasteiger partial charge in [0.05, 0.1) is 17.6 Å². The molecule has 0 fully saturated rings. The lowest BCUT2D eigenvalue weighted by molar-refractivity contribution is 0.0688. The van der Waals surface area contributed by atoms with Crippen LogP contribution in [0.3, 0.4) is 0 Å². The third kappa shape index (κ3) is 6.89. The normalized spacial score (nSPS) is 12.3. The predicted molar refractivity (Wildman–Crippen MR) is 105 cm³/mol. The van der Waals surface area contributed by atoms with E-state index in [0.717, 1.165) is 24.2 Å². The van der Waals surface area contributed by atoms with Gasteiger partial charge in [-0.3, -0.25) is 0 Å². The van der Waals surface area contributed by atoms with Gasteiger partial charge in [-0.15, -0.1) is 0 Å². The van der Waals surface area contributed by atoms with E-state index >= 15 is 0 Å². The molecule has 0 saturated carbocycles. The SMILES string of the molecule is CC(C)(C)[Si]OC(C)(C)c1cc(CNCCc2cnc[nH]2)nc(C(=O)O)c1. The van der Waals surface area contributed by atoms with E-state index in [0.29, 0.717) is 22.0 Å². The van der Waals surface area contributed by atoms with Crippen LogP contribution in [0.5, 0.6) is 0 Å². The lowest BCUT2D eigenvalue weighted by Crippen LogP contribution is -2.28. The molecular weight excluding hydrogens is 360 g/mol. The predicted octanol–water partition coefficient (Wildman–Crippen LogP) is 2.92. The lowest BCUT2D eigenvalue weighted by Gasteiger charge is -2.30. The van der Waals surface area contributed by atoms with E-state index in [4.69, 9.17) is 4.43 Å². The molecule has 2 heterocycles. The maximum atomic E-state index is 11.5. The van der Waals surface area contributed by atoms with Crippen molar-refractivity contribution in [3.05, 3.63) is 47.3 Å². The molecule has 0 aliphatic carbocycles. The maximum Gasteiger partial charge on any atom is 0.354 e. The molecule has 146 valence electrons. The van der Waals surface area contributed by atoms with Crippen molar-refractivity contribution in [1.29, 1.82) is 0 Å². The maximum absolute atomic E-state index is 11.5. The van der Waals surface area contributed by atoms with Gasteiger partial charge >= 0.3 is 5.97 Å². The highest BCUT2D eigenvalue weighted by Gasteiger charge is 2.27. The molecular formula is C19H28N4O3Si. The van der Waals surface area contributed by atoms with E-state index in [1.807, 2.05) is 19.9 Å². The molecule has 2 rings (SSSR count). The number of rotatable bonds is 9. The molecule has 7 nitrogen and oxygen atoms in total. The molecule has 0 aliphatic heterocycles. The van der Waals surface area contributed by atoms with Crippen LogP contribution in [0.25, 0.3) is 0 Å². The highest BCUT2D eigenvalue weighted by molar-refractivity contribution is 6.31. The molecule has 0 unspecified atom stereocenters. The summed E-state index contributed by atoms with van der Waals surface area (Å²) < 4.78 is 6.12. The van der Waals surface area contributed by atoms with Crippen LogP contribution in [0.2, 0.25) is 5.04 Å². The average Bonchev–Trinajstić information content (AvgIpc) is 3.09. The number of aromatic nitrogens is 3. The fourth-order valence-electron chi connectivity index (χ4n) is 2.34. The number of aromatic carboxylic acids is 1. The molecule has 0 atom stereocenters. The minimum Gasteiger partial charge on any atom is -0.477 e. The summed E-state index contributed by atoms with van der Waals surface area (Å²) in [5, 5.41) is 12.8. The number of carboxylic acid groups (broad SMARTS) is 1. The highest BCUT2D eigenvalue weighted by Crippen LogP contribution is 2.30. The van der Waals surface area contributed by atoms with Crippen LogP contribution < -0.4 is 5.32 Å². The second kappa shape index (κ2) is 8.77. The standard InChI is InChI=1S/C19H28N4O3Si/c1-18(2,3)27-26-19(4,5)13-8-15(23-16(9-13)17(24)25)11-20-7-6-14-10-21-12-22-14/h8-10,12,20H,6-7,11H2,1-5H3,(H,21,22)(H,24,25). The summed E-state index contributed by atoms with van der Waals surface area (Å²) in [4.78, 5) is 22.8. The quantitative estimate of drug-likeness (QED) is 0.451. The second-order valence-corrected chi connectivity index (χ2v) is 9.91. The first-order chi connectivity index (χ1) is 12.6. The van der Waals surface area contributed by atoms with E-state index in [-0.39, 0.29) is 10.7 Å². The smallest absolute Gasteiger partial charge is 0.354 e. The third-order valence-corrected chi connectivity index (χ3v) is 5.06. The Morgan fingerprint density at radius 2 is 2.04 bits per heavy atom. The molecule has 0 saturated heterocycles. The van der Waals surface area contributed by atoms with Crippen molar-refractivity contribution in [3.63, 3.8) is 0 Å². The number of carboxylic acids is 1. The molecule has 2 aromatic rings.